The average Bonchev–Trinajstić information content (AvgIpc) is 3.15. The monoisotopic (exact) mass is 439 g/mol. The van der Waals surface area contributed by atoms with Crippen LogP contribution >= 0.6 is 0 Å². The molecule has 2 atom stereocenters. The Hall–Kier alpha value is -3.39. The summed E-state index contributed by atoms with van der Waals surface area (Å²) >= 11 is 0. The van der Waals surface area contributed by atoms with E-state index in [0.29, 0.717) is 11.4 Å². The molecular weight excluding hydrogens is 410 g/mol. The molecule has 1 heterocycles. The first-order valence-corrected chi connectivity index (χ1v) is 10.6. The molecule has 1 saturated heterocycles. The van der Waals surface area contributed by atoms with Crippen LogP contribution in [0, 0.1) is 19.8 Å². The highest BCUT2D eigenvalue weighted by Crippen LogP contribution is 2.27. The second-order valence-electron chi connectivity index (χ2n) is 8.15. The fraction of sp³-hybridized carbons (Fsp3) is 0.375. The van der Waals surface area contributed by atoms with Crippen LogP contribution in [0.3, 0.4) is 0 Å². The number of nitrogens with one attached hydrogen (secondary N) is 2. The molecule has 32 heavy (non-hydrogen) atoms. The highest BCUT2D eigenvalue weighted by Gasteiger charge is 2.35. The van der Waals surface area contributed by atoms with E-state index < -0.39 is 12.0 Å². The van der Waals surface area contributed by atoms with Crippen LogP contribution in [0.5, 0.6) is 5.75 Å². The van der Waals surface area contributed by atoms with E-state index in [-0.39, 0.29) is 43.8 Å². The van der Waals surface area contributed by atoms with Crippen molar-refractivity contribution in [3.05, 3.63) is 53.6 Å². The Labute approximate surface area is 187 Å². The Morgan fingerprint density at radius 3 is 2.59 bits per heavy atom. The zero-order chi connectivity index (χ0) is 23.3. The number of nitrogens with zero attached hydrogens (tertiary/aromatic N) is 1. The Balaban J connectivity index is 1.52. The van der Waals surface area contributed by atoms with E-state index in [1.54, 1.807) is 36.1 Å². The lowest BCUT2D eigenvalue weighted by Crippen LogP contribution is -2.36. The topological polar surface area (TPSA) is 108 Å². The summed E-state index contributed by atoms with van der Waals surface area (Å²) in [6, 6.07) is 12.7. The lowest BCUT2D eigenvalue weighted by molar-refractivity contribution is -0.126. The van der Waals surface area contributed by atoms with Gasteiger partial charge in [0.2, 0.25) is 11.8 Å². The molecule has 170 valence electrons. The Bertz CT molecular complexity index is 988. The van der Waals surface area contributed by atoms with E-state index in [0.717, 1.165) is 16.8 Å². The molecule has 8 nitrogen and oxygen atoms in total. The Morgan fingerprint density at radius 1 is 1.19 bits per heavy atom. The second kappa shape index (κ2) is 10.3. The lowest BCUT2D eigenvalue weighted by Gasteiger charge is -2.17. The number of hydrogen-bond acceptors (Lipinski definition) is 5. The molecule has 0 aliphatic carbocycles. The maximum atomic E-state index is 12.4. The molecule has 1 aliphatic heterocycles. The first-order chi connectivity index (χ1) is 15.2. The van der Waals surface area contributed by atoms with E-state index in [1.165, 1.54) is 0 Å². The number of ether oxygens (including phenoxy) is 1. The number of hydrogen-bond donors (Lipinski definition) is 3. The van der Waals surface area contributed by atoms with Crippen molar-refractivity contribution < 1.29 is 24.2 Å². The number of aryl methyl sites for hydroxylation is 2. The molecule has 3 amide bonds. The van der Waals surface area contributed by atoms with E-state index in [1.807, 2.05) is 32.0 Å². The molecule has 0 bridgehead atoms. The molecule has 0 unspecified atom stereocenters. The van der Waals surface area contributed by atoms with Crippen molar-refractivity contribution in [2.75, 3.05) is 29.9 Å². The number of carbonyl (C=O) groups is 3. The minimum absolute atomic E-state index is 0.127. The van der Waals surface area contributed by atoms with Crippen molar-refractivity contribution in [2.24, 2.45) is 5.92 Å². The summed E-state index contributed by atoms with van der Waals surface area (Å²) in [4.78, 5) is 38.3. The van der Waals surface area contributed by atoms with E-state index in [9.17, 15) is 19.5 Å². The van der Waals surface area contributed by atoms with Crippen LogP contribution in [0.1, 0.15) is 24.5 Å². The van der Waals surface area contributed by atoms with Crippen LogP contribution < -0.4 is 20.3 Å². The molecule has 1 fully saturated rings. The predicted molar refractivity (Wildman–Crippen MR) is 122 cm³/mol. The fourth-order valence-corrected chi connectivity index (χ4v) is 3.45. The van der Waals surface area contributed by atoms with Crippen LogP contribution in [0.2, 0.25) is 0 Å². The number of carbonyl (C=O) groups excluding carboxylic acids is 3. The fourth-order valence-electron chi connectivity index (χ4n) is 3.45. The van der Waals surface area contributed by atoms with Gasteiger partial charge in [-0.15, -0.1) is 0 Å². The van der Waals surface area contributed by atoms with Crippen LogP contribution in [-0.4, -0.2) is 48.6 Å². The van der Waals surface area contributed by atoms with Gasteiger partial charge < -0.3 is 25.4 Å². The Kier molecular flexibility index (Phi) is 7.48. The summed E-state index contributed by atoms with van der Waals surface area (Å²) in [5, 5.41) is 14.8. The summed E-state index contributed by atoms with van der Waals surface area (Å²) < 4.78 is 5.57. The summed E-state index contributed by atoms with van der Waals surface area (Å²) in [6.07, 6.45) is -0.509. The van der Waals surface area contributed by atoms with E-state index in [4.69, 9.17) is 4.74 Å². The molecule has 8 heteroatoms. The third kappa shape index (κ3) is 6.07. The van der Waals surface area contributed by atoms with Gasteiger partial charge in [0.15, 0.2) is 6.61 Å². The third-order valence-corrected chi connectivity index (χ3v) is 5.25. The van der Waals surface area contributed by atoms with Crippen LogP contribution in [0.15, 0.2) is 42.5 Å². The SMILES string of the molecule is Cc1ccc(C)c(NC(=O)COc2ccc(N3C[C@@H](C(=O)NC[C@@H](C)O)CC3=O)cc2)c1. The molecular formula is C24H29N3O5. The van der Waals surface area contributed by atoms with Gasteiger partial charge in [0.05, 0.1) is 12.0 Å². The number of amides is 3. The first-order valence-electron chi connectivity index (χ1n) is 10.6. The predicted octanol–water partition coefficient (Wildman–Crippen LogP) is 2.17. The van der Waals surface area contributed by atoms with Crippen LogP contribution in [0.25, 0.3) is 0 Å². The standard InChI is InChI=1S/C24H29N3O5/c1-15-4-5-16(2)21(10-15)26-22(29)14-32-20-8-6-19(7-9-20)27-13-18(11-23(27)30)24(31)25-12-17(3)28/h4-10,17-18,28H,11-14H2,1-3H3,(H,25,31)(H,26,29)/t17-,18+/m1/s1. The number of rotatable bonds is 8. The van der Waals surface area contributed by atoms with E-state index >= 15 is 0 Å². The number of anilines is 2. The van der Waals surface area contributed by atoms with Crippen LogP contribution in [0.4, 0.5) is 11.4 Å². The molecule has 2 aromatic rings. The smallest absolute Gasteiger partial charge is 0.262 e. The van der Waals surface area contributed by atoms with Gasteiger partial charge in [-0.05, 0) is 62.2 Å². The van der Waals surface area contributed by atoms with Gasteiger partial charge in [0.25, 0.3) is 5.91 Å². The molecule has 3 N–H and O–H groups in total. The average molecular weight is 440 g/mol. The van der Waals surface area contributed by atoms with Gasteiger partial charge in [-0.2, -0.15) is 0 Å². The van der Waals surface area contributed by atoms with Gasteiger partial charge in [-0.25, -0.2) is 0 Å². The maximum absolute atomic E-state index is 12.4. The molecule has 0 radical (unpaired) electrons. The van der Waals surface area contributed by atoms with Crippen molar-refractivity contribution in [2.45, 2.75) is 33.3 Å². The minimum Gasteiger partial charge on any atom is -0.484 e. The quantitative estimate of drug-likeness (QED) is 0.584. The highest BCUT2D eigenvalue weighted by atomic mass is 16.5. The van der Waals surface area contributed by atoms with Gasteiger partial charge in [-0.1, -0.05) is 12.1 Å². The second-order valence-corrected chi connectivity index (χ2v) is 8.15. The van der Waals surface area contributed by atoms with Gasteiger partial charge in [-0.3, -0.25) is 14.4 Å². The summed E-state index contributed by atoms with van der Waals surface area (Å²) in [6.45, 7) is 5.78. The maximum Gasteiger partial charge on any atom is 0.262 e. The zero-order valence-electron chi connectivity index (χ0n) is 18.6. The van der Waals surface area contributed by atoms with Crippen LogP contribution in [-0.2, 0) is 14.4 Å². The third-order valence-electron chi connectivity index (χ3n) is 5.25. The van der Waals surface area contributed by atoms with Crippen molar-refractivity contribution >= 4 is 29.1 Å². The summed E-state index contributed by atoms with van der Waals surface area (Å²) in [7, 11) is 0. The lowest BCUT2D eigenvalue weighted by atomic mass is 10.1. The van der Waals surface area contributed by atoms with Gasteiger partial charge in [0, 0.05) is 30.9 Å². The van der Waals surface area contributed by atoms with Crippen molar-refractivity contribution in [1.82, 2.24) is 5.32 Å². The summed E-state index contributed by atoms with van der Waals surface area (Å²) in [5.41, 5.74) is 3.45. The highest BCUT2D eigenvalue weighted by molar-refractivity contribution is 6.00. The van der Waals surface area contributed by atoms with E-state index in [2.05, 4.69) is 10.6 Å². The number of aliphatic hydroxyl groups excluding tert-OH is 1. The normalized spacial score (nSPS) is 16.6. The Morgan fingerprint density at radius 2 is 1.91 bits per heavy atom. The molecule has 0 spiro atoms. The molecule has 0 saturated carbocycles. The van der Waals surface area contributed by atoms with Crippen molar-refractivity contribution in [3.8, 4) is 5.75 Å². The minimum atomic E-state index is -0.636. The number of benzene rings is 2. The first kappa shape index (κ1) is 23.3. The largest absolute Gasteiger partial charge is 0.484 e. The van der Waals surface area contributed by atoms with Gasteiger partial charge >= 0.3 is 0 Å². The number of aliphatic hydroxyl groups is 1. The molecule has 0 aromatic heterocycles. The zero-order valence-corrected chi connectivity index (χ0v) is 18.6. The van der Waals surface area contributed by atoms with Crippen molar-refractivity contribution in [3.63, 3.8) is 0 Å². The van der Waals surface area contributed by atoms with Gasteiger partial charge in [0.1, 0.15) is 5.75 Å². The molecule has 1 aliphatic rings. The summed E-state index contributed by atoms with van der Waals surface area (Å²) in [5.74, 6) is -0.586. The molecule has 2 aromatic carbocycles. The molecule has 3 rings (SSSR count). The van der Waals surface area contributed by atoms with Crippen molar-refractivity contribution in [1.29, 1.82) is 0 Å².